The van der Waals surface area contributed by atoms with Crippen molar-refractivity contribution in [2.75, 3.05) is 0 Å². The van der Waals surface area contributed by atoms with Gasteiger partial charge in [-0.25, -0.2) is 0 Å². The van der Waals surface area contributed by atoms with Gasteiger partial charge in [-0.1, -0.05) is 31.0 Å². The second-order valence-electron chi connectivity index (χ2n) is 5.09. The summed E-state index contributed by atoms with van der Waals surface area (Å²) in [5, 5.41) is 8.78. The molecule has 0 aliphatic rings. The average Bonchev–Trinajstić information content (AvgIpc) is 2.41. The number of benzene rings is 1. The standard InChI is InChI=1S/C15H18F3NO3/c16-15(17,18)11-7-4-6-10(9-11)5-2-1-3-8-12(13(19)20)14(21)22/h4,6-7,9,12H,1-3,5,8H2,(H2,19,20)(H,21,22). The van der Waals surface area contributed by atoms with Gasteiger partial charge in [0.15, 0.2) is 0 Å². The minimum absolute atomic E-state index is 0.146. The van der Waals surface area contributed by atoms with E-state index >= 15 is 0 Å². The van der Waals surface area contributed by atoms with Gasteiger partial charge in [0.25, 0.3) is 0 Å². The molecule has 1 aromatic carbocycles. The Morgan fingerprint density at radius 3 is 2.41 bits per heavy atom. The summed E-state index contributed by atoms with van der Waals surface area (Å²) in [6, 6.07) is 5.13. The van der Waals surface area contributed by atoms with Gasteiger partial charge in [-0.15, -0.1) is 0 Å². The molecule has 1 aromatic rings. The van der Waals surface area contributed by atoms with Crippen LogP contribution in [0.2, 0.25) is 0 Å². The van der Waals surface area contributed by atoms with Crippen molar-refractivity contribution < 1.29 is 27.9 Å². The maximum atomic E-state index is 12.6. The summed E-state index contributed by atoms with van der Waals surface area (Å²) in [5.74, 6) is -3.32. The van der Waals surface area contributed by atoms with Crippen molar-refractivity contribution in [2.45, 2.75) is 38.3 Å². The highest BCUT2D eigenvalue weighted by Crippen LogP contribution is 2.29. The summed E-state index contributed by atoms with van der Waals surface area (Å²) in [6.07, 6.45) is -2.02. The lowest BCUT2D eigenvalue weighted by Crippen LogP contribution is -2.30. The first-order valence-corrected chi connectivity index (χ1v) is 6.90. The van der Waals surface area contributed by atoms with Crippen LogP contribution in [0, 0.1) is 5.92 Å². The zero-order chi connectivity index (χ0) is 16.8. The van der Waals surface area contributed by atoms with Crippen molar-refractivity contribution >= 4 is 11.9 Å². The molecule has 0 saturated carbocycles. The normalized spacial score (nSPS) is 12.9. The first-order chi connectivity index (χ1) is 10.2. The third-order valence-electron chi connectivity index (χ3n) is 3.35. The Balaban J connectivity index is 2.39. The first-order valence-electron chi connectivity index (χ1n) is 6.90. The third kappa shape index (κ3) is 5.75. The molecule has 0 aromatic heterocycles. The number of amides is 1. The molecule has 3 N–H and O–H groups in total. The number of rotatable bonds is 8. The number of unbranched alkanes of at least 4 members (excludes halogenated alkanes) is 2. The summed E-state index contributed by atoms with van der Waals surface area (Å²) in [6.45, 7) is 0. The van der Waals surface area contributed by atoms with Crippen molar-refractivity contribution in [3.8, 4) is 0 Å². The van der Waals surface area contributed by atoms with Crippen LogP contribution in [0.5, 0.6) is 0 Å². The van der Waals surface area contributed by atoms with Crippen LogP contribution in [0.1, 0.15) is 36.8 Å². The number of carbonyl (C=O) groups excluding carboxylic acids is 1. The van der Waals surface area contributed by atoms with E-state index in [1.807, 2.05) is 0 Å². The summed E-state index contributed by atoms with van der Waals surface area (Å²) in [4.78, 5) is 21.6. The fourth-order valence-corrected chi connectivity index (χ4v) is 2.14. The third-order valence-corrected chi connectivity index (χ3v) is 3.35. The number of aryl methyl sites for hydroxylation is 1. The summed E-state index contributed by atoms with van der Waals surface area (Å²) < 4.78 is 37.7. The molecular formula is C15H18F3NO3. The molecule has 0 bridgehead atoms. The van der Waals surface area contributed by atoms with Crippen LogP contribution in [-0.2, 0) is 22.2 Å². The molecule has 122 valence electrons. The van der Waals surface area contributed by atoms with E-state index in [9.17, 15) is 22.8 Å². The predicted octanol–water partition coefficient (Wildman–Crippen LogP) is 2.99. The van der Waals surface area contributed by atoms with E-state index in [1.165, 1.54) is 6.07 Å². The van der Waals surface area contributed by atoms with E-state index in [1.54, 1.807) is 6.07 Å². The Morgan fingerprint density at radius 1 is 1.18 bits per heavy atom. The zero-order valence-electron chi connectivity index (χ0n) is 11.9. The molecule has 0 aliphatic heterocycles. The topological polar surface area (TPSA) is 80.4 Å². The fourth-order valence-electron chi connectivity index (χ4n) is 2.14. The Bertz CT molecular complexity index is 515. The zero-order valence-corrected chi connectivity index (χ0v) is 11.9. The van der Waals surface area contributed by atoms with Crippen molar-refractivity contribution in [3.05, 3.63) is 35.4 Å². The number of carbonyl (C=O) groups is 2. The molecule has 7 heteroatoms. The van der Waals surface area contributed by atoms with Crippen LogP contribution >= 0.6 is 0 Å². The smallest absolute Gasteiger partial charge is 0.416 e. The molecule has 0 aliphatic carbocycles. The van der Waals surface area contributed by atoms with Gasteiger partial charge >= 0.3 is 12.1 Å². The minimum Gasteiger partial charge on any atom is -0.481 e. The Labute approximate surface area is 126 Å². The Morgan fingerprint density at radius 2 is 1.86 bits per heavy atom. The number of carboxylic acids is 1. The number of hydrogen-bond acceptors (Lipinski definition) is 2. The van der Waals surface area contributed by atoms with Gasteiger partial charge in [0.2, 0.25) is 5.91 Å². The van der Waals surface area contributed by atoms with E-state index in [0.717, 1.165) is 12.1 Å². The van der Waals surface area contributed by atoms with Gasteiger partial charge in [-0.3, -0.25) is 9.59 Å². The van der Waals surface area contributed by atoms with Crippen molar-refractivity contribution in [2.24, 2.45) is 11.7 Å². The van der Waals surface area contributed by atoms with E-state index in [2.05, 4.69) is 0 Å². The number of carboxylic acid groups (broad SMARTS) is 1. The van der Waals surface area contributed by atoms with Crippen LogP contribution in [0.15, 0.2) is 24.3 Å². The van der Waals surface area contributed by atoms with Gasteiger partial charge in [0.05, 0.1) is 5.56 Å². The number of alkyl halides is 3. The van der Waals surface area contributed by atoms with E-state index in [-0.39, 0.29) is 6.42 Å². The highest BCUT2D eigenvalue weighted by atomic mass is 19.4. The number of primary amides is 1. The second kappa shape index (κ2) is 7.82. The molecular weight excluding hydrogens is 299 g/mol. The molecule has 0 spiro atoms. The lowest BCUT2D eigenvalue weighted by atomic mass is 9.99. The van der Waals surface area contributed by atoms with E-state index in [0.29, 0.717) is 31.2 Å². The molecule has 0 radical (unpaired) electrons. The van der Waals surface area contributed by atoms with Crippen LogP contribution in [-0.4, -0.2) is 17.0 Å². The highest BCUT2D eigenvalue weighted by molar-refractivity contribution is 5.95. The minimum atomic E-state index is -4.35. The van der Waals surface area contributed by atoms with Gasteiger partial charge in [0.1, 0.15) is 5.92 Å². The maximum Gasteiger partial charge on any atom is 0.416 e. The molecule has 1 amide bonds. The summed E-state index contributed by atoms with van der Waals surface area (Å²) in [7, 11) is 0. The lowest BCUT2D eigenvalue weighted by molar-refractivity contribution is -0.146. The van der Waals surface area contributed by atoms with Gasteiger partial charge < -0.3 is 10.8 Å². The number of aliphatic carboxylic acids is 1. The van der Waals surface area contributed by atoms with Crippen LogP contribution in [0.3, 0.4) is 0 Å². The molecule has 0 fully saturated rings. The fraction of sp³-hybridized carbons (Fsp3) is 0.467. The number of nitrogens with two attached hydrogens (primary N) is 1. The Hall–Kier alpha value is -2.05. The largest absolute Gasteiger partial charge is 0.481 e. The average molecular weight is 317 g/mol. The monoisotopic (exact) mass is 317 g/mol. The van der Waals surface area contributed by atoms with Crippen molar-refractivity contribution in [1.82, 2.24) is 0 Å². The van der Waals surface area contributed by atoms with Gasteiger partial charge in [-0.2, -0.15) is 13.2 Å². The quantitative estimate of drug-likeness (QED) is 0.571. The molecule has 1 atom stereocenters. The summed E-state index contributed by atoms with van der Waals surface area (Å²) in [5.41, 5.74) is 4.88. The van der Waals surface area contributed by atoms with Gasteiger partial charge in [-0.05, 0) is 30.9 Å². The summed E-state index contributed by atoms with van der Waals surface area (Å²) >= 11 is 0. The van der Waals surface area contributed by atoms with Crippen molar-refractivity contribution in [3.63, 3.8) is 0 Å². The molecule has 0 saturated heterocycles. The van der Waals surface area contributed by atoms with Crippen LogP contribution in [0.4, 0.5) is 13.2 Å². The number of hydrogen-bond donors (Lipinski definition) is 2. The first kappa shape index (κ1) is 18.0. The SMILES string of the molecule is NC(=O)C(CCCCCc1cccc(C(F)(F)F)c1)C(=O)O. The van der Waals surface area contributed by atoms with Crippen LogP contribution < -0.4 is 5.73 Å². The molecule has 22 heavy (non-hydrogen) atoms. The molecule has 0 heterocycles. The van der Waals surface area contributed by atoms with Crippen LogP contribution in [0.25, 0.3) is 0 Å². The highest BCUT2D eigenvalue weighted by Gasteiger charge is 2.30. The van der Waals surface area contributed by atoms with E-state index in [4.69, 9.17) is 10.8 Å². The van der Waals surface area contributed by atoms with Gasteiger partial charge in [0, 0.05) is 0 Å². The maximum absolute atomic E-state index is 12.6. The molecule has 1 unspecified atom stereocenters. The number of halogens is 3. The molecule has 1 rings (SSSR count). The predicted molar refractivity (Wildman–Crippen MR) is 73.9 cm³/mol. The van der Waals surface area contributed by atoms with Crippen molar-refractivity contribution in [1.29, 1.82) is 0 Å². The van der Waals surface area contributed by atoms with E-state index < -0.39 is 29.5 Å². The lowest BCUT2D eigenvalue weighted by Gasteiger charge is -2.09. The Kier molecular flexibility index (Phi) is 6.39. The molecule has 4 nitrogen and oxygen atoms in total. The second-order valence-corrected chi connectivity index (χ2v) is 5.09.